The minimum Gasteiger partial charge on any atom is -0.341 e. The molecule has 0 saturated carbocycles. The summed E-state index contributed by atoms with van der Waals surface area (Å²) in [6, 6.07) is 1.97. The van der Waals surface area contributed by atoms with Gasteiger partial charge in [-0.05, 0) is 25.6 Å². The van der Waals surface area contributed by atoms with Gasteiger partial charge in [0.25, 0.3) is 0 Å². The first-order valence-electron chi connectivity index (χ1n) is 4.90. The Bertz CT molecular complexity index is 447. The van der Waals surface area contributed by atoms with Gasteiger partial charge in [-0.25, -0.2) is 4.98 Å². The molecule has 0 aliphatic carbocycles. The van der Waals surface area contributed by atoms with Crippen LogP contribution in [0, 0.1) is 6.92 Å². The van der Waals surface area contributed by atoms with Crippen LogP contribution in [0.25, 0.3) is 11.4 Å². The smallest absolute Gasteiger partial charge is 0.137 e. The van der Waals surface area contributed by atoms with E-state index in [1.165, 1.54) is 0 Å². The Kier molecular flexibility index (Phi) is 2.78. The molecule has 2 rings (SSSR count). The molecular formula is C11H14N4. The first-order chi connectivity index (χ1) is 7.31. The van der Waals surface area contributed by atoms with E-state index in [1.54, 1.807) is 6.20 Å². The fraction of sp³-hybridized carbons (Fsp3) is 0.273. The minimum absolute atomic E-state index is 0.803. The number of hydrogen-bond donors (Lipinski definition) is 2. The van der Waals surface area contributed by atoms with Crippen LogP contribution in [0.15, 0.2) is 24.7 Å². The topological polar surface area (TPSA) is 53.6 Å². The Balaban J connectivity index is 2.33. The van der Waals surface area contributed by atoms with Crippen LogP contribution in [0.1, 0.15) is 11.3 Å². The molecule has 0 aromatic carbocycles. The summed E-state index contributed by atoms with van der Waals surface area (Å²) in [6.07, 6.45) is 5.48. The highest BCUT2D eigenvalue weighted by molar-refractivity contribution is 5.58. The average molecular weight is 202 g/mol. The Hall–Kier alpha value is -1.68. The van der Waals surface area contributed by atoms with Gasteiger partial charge in [-0.3, -0.25) is 4.98 Å². The van der Waals surface area contributed by atoms with Crippen molar-refractivity contribution in [2.24, 2.45) is 0 Å². The Morgan fingerprint density at radius 1 is 1.40 bits per heavy atom. The quantitative estimate of drug-likeness (QED) is 0.793. The molecule has 0 radical (unpaired) electrons. The summed E-state index contributed by atoms with van der Waals surface area (Å²) in [6.45, 7) is 2.83. The summed E-state index contributed by atoms with van der Waals surface area (Å²) in [5, 5.41) is 3.08. The lowest BCUT2D eigenvalue weighted by Crippen LogP contribution is -2.04. The molecule has 2 aromatic rings. The van der Waals surface area contributed by atoms with Crippen LogP contribution in [0.2, 0.25) is 0 Å². The maximum Gasteiger partial charge on any atom is 0.137 e. The summed E-state index contributed by atoms with van der Waals surface area (Å²) in [5.41, 5.74) is 3.32. The number of nitrogens with one attached hydrogen (secondary N) is 2. The highest BCUT2D eigenvalue weighted by Gasteiger charge is 2.05. The number of aromatic amines is 1. The van der Waals surface area contributed by atoms with E-state index < -0.39 is 0 Å². The molecule has 0 saturated heterocycles. The highest BCUT2D eigenvalue weighted by Crippen LogP contribution is 2.18. The van der Waals surface area contributed by atoms with Gasteiger partial charge in [-0.1, -0.05) is 0 Å². The van der Waals surface area contributed by atoms with Crippen molar-refractivity contribution in [2.45, 2.75) is 13.5 Å². The fourth-order valence-corrected chi connectivity index (χ4v) is 1.52. The molecule has 2 N–H and O–H groups in total. The maximum atomic E-state index is 4.34. The summed E-state index contributed by atoms with van der Waals surface area (Å²) >= 11 is 0. The van der Waals surface area contributed by atoms with E-state index in [4.69, 9.17) is 0 Å². The lowest BCUT2D eigenvalue weighted by atomic mass is 10.1. The zero-order valence-electron chi connectivity index (χ0n) is 8.91. The van der Waals surface area contributed by atoms with Crippen LogP contribution in [0.5, 0.6) is 0 Å². The second kappa shape index (κ2) is 4.23. The number of pyridine rings is 1. The minimum atomic E-state index is 0.803. The van der Waals surface area contributed by atoms with Crippen molar-refractivity contribution < 1.29 is 0 Å². The highest BCUT2D eigenvalue weighted by atomic mass is 14.9. The van der Waals surface area contributed by atoms with E-state index in [0.717, 1.165) is 29.2 Å². The number of rotatable bonds is 3. The molecule has 0 fully saturated rings. The summed E-state index contributed by atoms with van der Waals surface area (Å²) < 4.78 is 0. The first kappa shape index (κ1) is 9.86. The van der Waals surface area contributed by atoms with Crippen LogP contribution in [0.4, 0.5) is 0 Å². The lowest BCUT2D eigenvalue weighted by molar-refractivity contribution is 0.797. The molecule has 78 valence electrons. The predicted molar refractivity (Wildman–Crippen MR) is 59.3 cm³/mol. The zero-order chi connectivity index (χ0) is 10.7. The Labute approximate surface area is 88.8 Å². The van der Waals surface area contributed by atoms with Crippen molar-refractivity contribution in [1.82, 2.24) is 20.3 Å². The molecule has 0 bridgehead atoms. The van der Waals surface area contributed by atoms with E-state index in [0.29, 0.717) is 0 Å². The third-order valence-electron chi connectivity index (χ3n) is 2.27. The van der Waals surface area contributed by atoms with Crippen molar-refractivity contribution in [3.05, 3.63) is 35.9 Å². The molecule has 0 spiro atoms. The number of hydrogen-bond acceptors (Lipinski definition) is 3. The third-order valence-corrected chi connectivity index (χ3v) is 2.27. The van der Waals surface area contributed by atoms with Crippen molar-refractivity contribution in [3.63, 3.8) is 0 Å². The van der Waals surface area contributed by atoms with Crippen LogP contribution < -0.4 is 5.32 Å². The molecule has 0 amide bonds. The molecule has 0 unspecified atom stereocenters. The standard InChI is InChI=1S/C11H14N4/c1-8-5-13-4-3-10(8)11-14-7-9(15-11)6-12-2/h3-5,7,12H,6H2,1-2H3,(H,14,15). The maximum absolute atomic E-state index is 4.34. The van der Waals surface area contributed by atoms with Crippen molar-refractivity contribution in [3.8, 4) is 11.4 Å². The number of aryl methyl sites for hydroxylation is 1. The van der Waals surface area contributed by atoms with Gasteiger partial charge in [-0.2, -0.15) is 0 Å². The molecule has 4 heteroatoms. The van der Waals surface area contributed by atoms with Crippen molar-refractivity contribution in [1.29, 1.82) is 0 Å². The predicted octanol–water partition coefficient (Wildman–Crippen LogP) is 1.50. The van der Waals surface area contributed by atoms with E-state index in [1.807, 2.05) is 32.4 Å². The SMILES string of the molecule is CNCc1cnc(-c2ccncc2C)[nH]1. The summed E-state index contributed by atoms with van der Waals surface area (Å²) in [7, 11) is 1.91. The molecular weight excluding hydrogens is 188 g/mol. The second-order valence-electron chi connectivity index (χ2n) is 3.48. The monoisotopic (exact) mass is 202 g/mol. The van der Waals surface area contributed by atoms with Gasteiger partial charge in [-0.15, -0.1) is 0 Å². The van der Waals surface area contributed by atoms with Crippen LogP contribution in [-0.2, 0) is 6.54 Å². The molecule has 0 aliphatic heterocycles. The van der Waals surface area contributed by atoms with Gasteiger partial charge in [0.15, 0.2) is 0 Å². The van der Waals surface area contributed by atoms with E-state index >= 15 is 0 Å². The lowest BCUT2D eigenvalue weighted by Gasteiger charge is -2.00. The Morgan fingerprint density at radius 2 is 2.27 bits per heavy atom. The van der Waals surface area contributed by atoms with E-state index in [-0.39, 0.29) is 0 Å². The molecule has 0 aliphatic rings. The van der Waals surface area contributed by atoms with Gasteiger partial charge < -0.3 is 10.3 Å². The molecule has 0 atom stereocenters. The largest absolute Gasteiger partial charge is 0.341 e. The third kappa shape index (κ3) is 2.05. The molecule has 2 aromatic heterocycles. The zero-order valence-corrected chi connectivity index (χ0v) is 8.91. The van der Waals surface area contributed by atoms with Gasteiger partial charge in [0, 0.05) is 36.4 Å². The van der Waals surface area contributed by atoms with Gasteiger partial charge in [0.1, 0.15) is 5.82 Å². The molecule has 4 nitrogen and oxygen atoms in total. The van der Waals surface area contributed by atoms with Gasteiger partial charge >= 0.3 is 0 Å². The van der Waals surface area contributed by atoms with E-state index in [9.17, 15) is 0 Å². The van der Waals surface area contributed by atoms with Crippen LogP contribution in [-0.4, -0.2) is 22.0 Å². The van der Waals surface area contributed by atoms with Crippen LogP contribution in [0.3, 0.4) is 0 Å². The summed E-state index contributed by atoms with van der Waals surface area (Å²) in [5.74, 6) is 0.903. The van der Waals surface area contributed by atoms with Crippen molar-refractivity contribution >= 4 is 0 Å². The number of nitrogens with zero attached hydrogens (tertiary/aromatic N) is 2. The van der Waals surface area contributed by atoms with E-state index in [2.05, 4.69) is 20.3 Å². The van der Waals surface area contributed by atoms with Crippen molar-refractivity contribution in [2.75, 3.05) is 7.05 Å². The number of H-pyrrole nitrogens is 1. The second-order valence-corrected chi connectivity index (χ2v) is 3.48. The average Bonchev–Trinajstić information content (AvgIpc) is 2.68. The first-order valence-corrected chi connectivity index (χ1v) is 4.90. The van der Waals surface area contributed by atoms with Crippen LogP contribution >= 0.6 is 0 Å². The summed E-state index contributed by atoms with van der Waals surface area (Å²) in [4.78, 5) is 11.7. The molecule has 15 heavy (non-hydrogen) atoms. The normalized spacial score (nSPS) is 10.5. The number of imidazole rings is 1. The van der Waals surface area contributed by atoms with Gasteiger partial charge in [0.2, 0.25) is 0 Å². The number of aromatic nitrogens is 3. The molecule has 2 heterocycles. The Morgan fingerprint density at radius 3 is 3.00 bits per heavy atom. The van der Waals surface area contributed by atoms with Gasteiger partial charge in [0.05, 0.1) is 0 Å². The fourth-order valence-electron chi connectivity index (χ4n) is 1.52.